The summed E-state index contributed by atoms with van der Waals surface area (Å²) in [6.07, 6.45) is 0. The molecule has 0 aliphatic carbocycles. The Balaban J connectivity index is 2.64. The predicted octanol–water partition coefficient (Wildman–Crippen LogP) is 2.49. The second-order valence-corrected chi connectivity index (χ2v) is 3.95. The fourth-order valence-corrected chi connectivity index (χ4v) is 2.12. The topological polar surface area (TPSA) is 35.2 Å². The van der Waals surface area contributed by atoms with Crippen LogP contribution in [0.3, 0.4) is 0 Å². The van der Waals surface area contributed by atoms with Gasteiger partial charge in [-0.15, -0.1) is 0 Å². The Hall–Kier alpha value is -0.250. The van der Waals surface area contributed by atoms with Crippen LogP contribution >= 0.6 is 27.5 Å². The van der Waals surface area contributed by atoms with Gasteiger partial charge in [-0.05, 0) is 12.1 Å². The molecule has 0 amide bonds. The first kappa shape index (κ1) is 8.35. The number of benzene rings is 1. The quantitative estimate of drug-likeness (QED) is 0.766. The van der Waals surface area contributed by atoms with Crippen LogP contribution in [0.15, 0.2) is 16.6 Å². The first-order chi connectivity index (χ1) is 5.70. The normalized spacial score (nSPS) is 20.4. The minimum atomic E-state index is -0.0620. The molecular weight excluding hydrogens is 241 g/mol. The third-order valence-corrected chi connectivity index (χ3v) is 2.86. The summed E-state index contributed by atoms with van der Waals surface area (Å²) in [7, 11) is 0. The van der Waals surface area contributed by atoms with E-state index in [2.05, 4.69) is 15.9 Å². The molecule has 0 fully saturated rings. The van der Waals surface area contributed by atoms with Crippen LogP contribution < -0.4 is 10.5 Å². The molecule has 2 N–H and O–H groups in total. The summed E-state index contributed by atoms with van der Waals surface area (Å²) in [4.78, 5) is 0. The lowest BCUT2D eigenvalue weighted by molar-refractivity contribution is 0.333. The average Bonchev–Trinajstić information content (AvgIpc) is 2.42. The lowest BCUT2D eigenvalue weighted by Crippen LogP contribution is -2.11. The summed E-state index contributed by atoms with van der Waals surface area (Å²) in [5.41, 5.74) is 6.78. The number of hydrogen-bond donors (Lipinski definition) is 1. The highest BCUT2D eigenvalue weighted by molar-refractivity contribution is 9.10. The summed E-state index contributed by atoms with van der Waals surface area (Å²) in [5.74, 6) is 0.721. The Labute approximate surface area is 83.8 Å². The van der Waals surface area contributed by atoms with Crippen LogP contribution in [-0.2, 0) is 0 Å². The number of rotatable bonds is 0. The van der Waals surface area contributed by atoms with Crippen LogP contribution in [0.4, 0.5) is 0 Å². The zero-order chi connectivity index (χ0) is 8.72. The maximum absolute atomic E-state index is 5.91. The van der Waals surface area contributed by atoms with Gasteiger partial charge in [0, 0.05) is 10.0 Å². The van der Waals surface area contributed by atoms with Gasteiger partial charge in [0.2, 0.25) is 0 Å². The lowest BCUT2D eigenvalue weighted by atomic mass is 10.1. The van der Waals surface area contributed by atoms with Crippen LogP contribution in [-0.4, -0.2) is 6.61 Å². The summed E-state index contributed by atoms with van der Waals surface area (Å²) < 4.78 is 6.30. The van der Waals surface area contributed by atoms with E-state index in [-0.39, 0.29) is 6.04 Å². The molecule has 1 aliphatic heterocycles. The second-order valence-electron chi connectivity index (χ2n) is 2.69. The largest absolute Gasteiger partial charge is 0.490 e. The fourth-order valence-electron chi connectivity index (χ4n) is 1.30. The van der Waals surface area contributed by atoms with Gasteiger partial charge in [0.1, 0.15) is 12.4 Å². The van der Waals surface area contributed by atoms with E-state index >= 15 is 0 Å². The van der Waals surface area contributed by atoms with Gasteiger partial charge < -0.3 is 10.5 Å². The van der Waals surface area contributed by atoms with Gasteiger partial charge >= 0.3 is 0 Å². The molecule has 1 unspecified atom stereocenters. The molecule has 64 valence electrons. The van der Waals surface area contributed by atoms with E-state index in [9.17, 15) is 0 Å². The Morgan fingerprint density at radius 2 is 2.33 bits per heavy atom. The van der Waals surface area contributed by atoms with Gasteiger partial charge in [0.15, 0.2) is 0 Å². The second kappa shape index (κ2) is 2.91. The number of fused-ring (bicyclic) bond motifs is 1. The first-order valence-corrected chi connectivity index (χ1v) is 4.73. The van der Waals surface area contributed by atoms with E-state index in [0.717, 1.165) is 15.8 Å². The van der Waals surface area contributed by atoms with Crippen molar-refractivity contribution >= 4 is 27.5 Å². The summed E-state index contributed by atoms with van der Waals surface area (Å²) >= 11 is 9.31. The molecule has 1 aromatic rings. The lowest BCUT2D eigenvalue weighted by Gasteiger charge is -2.04. The maximum Gasteiger partial charge on any atom is 0.144 e. The SMILES string of the molecule is NC1COc2c(Cl)ccc(Br)c21. The van der Waals surface area contributed by atoms with Crippen LogP contribution in [0.2, 0.25) is 5.02 Å². The molecule has 1 aliphatic rings. The molecule has 0 saturated carbocycles. The van der Waals surface area contributed by atoms with Crippen LogP contribution in [0.5, 0.6) is 5.75 Å². The van der Waals surface area contributed by atoms with E-state index in [1.165, 1.54) is 0 Å². The highest BCUT2D eigenvalue weighted by Crippen LogP contribution is 2.41. The van der Waals surface area contributed by atoms with Crippen molar-refractivity contribution in [1.82, 2.24) is 0 Å². The molecule has 1 aromatic carbocycles. The van der Waals surface area contributed by atoms with Crippen LogP contribution in [0.1, 0.15) is 11.6 Å². The van der Waals surface area contributed by atoms with Gasteiger partial charge in [-0.3, -0.25) is 0 Å². The Morgan fingerprint density at radius 1 is 1.58 bits per heavy atom. The Kier molecular flexibility index (Phi) is 2.02. The number of halogens is 2. The molecule has 1 heterocycles. The smallest absolute Gasteiger partial charge is 0.144 e. The van der Waals surface area contributed by atoms with Crippen molar-refractivity contribution in [2.24, 2.45) is 5.73 Å². The number of nitrogens with two attached hydrogens (primary N) is 1. The van der Waals surface area contributed by atoms with Gasteiger partial charge in [0.25, 0.3) is 0 Å². The summed E-state index contributed by atoms with van der Waals surface area (Å²) in [6, 6.07) is 3.62. The molecule has 1 atom stereocenters. The zero-order valence-corrected chi connectivity index (χ0v) is 8.52. The van der Waals surface area contributed by atoms with Gasteiger partial charge in [-0.1, -0.05) is 27.5 Å². The van der Waals surface area contributed by atoms with E-state index in [0.29, 0.717) is 11.6 Å². The van der Waals surface area contributed by atoms with Crippen LogP contribution in [0.25, 0.3) is 0 Å². The van der Waals surface area contributed by atoms with E-state index < -0.39 is 0 Å². The Bertz CT molecular complexity index is 329. The van der Waals surface area contributed by atoms with Crippen molar-refractivity contribution in [1.29, 1.82) is 0 Å². The minimum Gasteiger partial charge on any atom is -0.490 e. The van der Waals surface area contributed by atoms with Gasteiger partial charge in [-0.25, -0.2) is 0 Å². The molecule has 0 saturated heterocycles. The average molecular weight is 249 g/mol. The summed E-state index contributed by atoms with van der Waals surface area (Å²) in [6.45, 7) is 0.512. The molecule has 0 bridgehead atoms. The van der Waals surface area contributed by atoms with Crippen molar-refractivity contribution in [2.45, 2.75) is 6.04 Å². The third-order valence-electron chi connectivity index (χ3n) is 1.87. The van der Waals surface area contributed by atoms with Crippen molar-refractivity contribution in [3.63, 3.8) is 0 Å². The molecule has 12 heavy (non-hydrogen) atoms. The predicted molar refractivity (Wildman–Crippen MR) is 51.6 cm³/mol. The van der Waals surface area contributed by atoms with Crippen molar-refractivity contribution in [3.05, 3.63) is 27.2 Å². The fraction of sp³-hybridized carbons (Fsp3) is 0.250. The molecule has 0 aromatic heterocycles. The van der Waals surface area contributed by atoms with Crippen molar-refractivity contribution in [2.75, 3.05) is 6.61 Å². The zero-order valence-electron chi connectivity index (χ0n) is 6.18. The van der Waals surface area contributed by atoms with Crippen LogP contribution in [0, 0.1) is 0 Å². The van der Waals surface area contributed by atoms with E-state index in [1.54, 1.807) is 6.07 Å². The maximum atomic E-state index is 5.91. The number of ether oxygens (including phenoxy) is 1. The first-order valence-electron chi connectivity index (χ1n) is 3.56. The summed E-state index contributed by atoms with van der Waals surface area (Å²) in [5, 5.41) is 0.626. The Morgan fingerprint density at radius 3 is 3.00 bits per heavy atom. The van der Waals surface area contributed by atoms with E-state index in [1.807, 2.05) is 6.07 Å². The van der Waals surface area contributed by atoms with E-state index in [4.69, 9.17) is 22.1 Å². The van der Waals surface area contributed by atoms with Crippen molar-refractivity contribution in [3.8, 4) is 5.75 Å². The highest BCUT2D eigenvalue weighted by atomic mass is 79.9. The molecular formula is C8H7BrClNO. The van der Waals surface area contributed by atoms with Crippen molar-refractivity contribution < 1.29 is 4.74 Å². The monoisotopic (exact) mass is 247 g/mol. The minimum absolute atomic E-state index is 0.0620. The highest BCUT2D eigenvalue weighted by Gasteiger charge is 2.25. The van der Waals surface area contributed by atoms with Gasteiger partial charge in [0.05, 0.1) is 11.1 Å². The molecule has 0 spiro atoms. The molecule has 0 radical (unpaired) electrons. The van der Waals surface area contributed by atoms with Gasteiger partial charge in [-0.2, -0.15) is 0 Å². The third kappa shape index (κ3) is 1.13. The standard InChI is InChI=1S/C8H7BrClNO/c9-4-1-2-5(10)8-7(4)6(11)3-12-8/h1-2,6H,3,11H2. The molecule has 2 rings (SSSR count). The number of hydrogen-bond acceptors (Lipinski definition) is 2. The molecule has 4 heteroatoms. The molecule has 2 nitrogen and oxygen atoms in total.